The van der Waals surface area contributed by atoms with Crippen molar-refractivity contribution >= 4 is 23.1 Å². The monoisotopic (exact) mass is 343 g/mol. The zero-order chi connectivity index (χ0) is 16.9. The smallest absolute Gasteiger partial charge is 0.264 e. The van der Waals surface area contributed by atoms with Crippen LogP contribution in [0.25, 0.3) is 0 Å². The van der Waals surface area contributed by atoms with Gasteiger partial charge in [-0.25, -0.2) is 4.98 Å². The van der Waals surface area contributed by atoms with Crippen molar-refractivity contribution in [2.45, 2.75) is 33.1 Å². The highest BCUT2D eigenvalue weighted by molar-refractivity contribution is 7.14. The molecule has 0 saturated carbocycles. The first-order valence-corrected chi connectivity index (χ1v) is 9.61. The first-order valence-electron chi connectivity index (χ1n) is 8.79. The number of rotatable bonds is 5. The summed E-state index contributed by atoms with van der Waals surface area (Å²) in [5.41, 5.74) is 1.34. The third-order valence-electron chi connectivity index (χ3n) is 4.51. The lowest BCUT2D eigenvalue weighted by Crippen LogP contribution is -2.48. The Bertz CT molecular complexity index is 675. The molecule has 5 heteroatoms. The molecule has 1 fully saturated rings. The van der Waals surface area contributed by atoms with E-state index in [1.165, 1.54) is 10.4 Å². The van der Waals surface area contributed by atoms with Crippen molar-refractivity contribution < 1.29 is 4.79 Å². The second-order valence-corrected chi connectivity index (χ2v) is 7.27. The number of carbonyl (C=O) groups excluding carboxylic acids is 1. The van der Waals surface area contributed by atoms with Gasteiger partial charge < -0.3 is 9.80 Å². The summed E-state index contributed by atoms with van der Waals surface area (Å²) in [6.07, 6.45) is 5.03. The Kier molecular flexibility index (Phi) is 5.51. The van der Waals surface area contributed by atoms with Gasteiger partial charge in [0.15, 0.2) is 0 Å². The molecular formula is C19H25N3OS. The third-order valence-corrected chi connectivity index (χ3v) is 5.73. The van der Waals surface area contributed by atoms with Gasteiger partial charge in [-0.1, -0.05) is 26.3 Å². The van der Waals surface area contributed by atoms with E-state index in [1.807, 2.05) is 29.3 Å². The van der Waals surface area contributed by atoms with E-state index >= 15 is 0 Å². The molecule has 3 heterocycles. The highest BCUT2D eigenvalue weighted by Gasteiger charge is 2.24. The lowest BCUT2D eigenvalue weighted by molar-refractivity contribution is 0.0751. The summed E-state index contributed by atoms with van der Waals surface area (Å²) in [6, 6.07) is 8.08. The number of pyridine rings is 1. The minimum Gasteiger partial charge on any atom is -0.353 e. The SMILES string of the molecule is CCCc1sc(C(=O)N2CCN(c3ccccn3)CC2)cc1CC. The molecule has 0 aromatic carbocycles. The molecule has 4 nitrogen and oxygen atoms in total. The van der Waals surface area contributed by atoms with Crippen molar-refractivity contribution in [3.05, 3.63) is 45.8 Å². The summed E-state index contributed by atoms with van der Waals surface area (Å²) < 4.78 is 0. The second kappa shape index (κ2) is 7.79. The summed E-state index contributed by atoms with van der Waals surface area (Å²) in [6.45, 7) is 7.57. The van der Waals surface area contributed by atoms with Crippen LogP contribution in [0.1, 0.15) is 40.4 Å². The molecular weight excluding hydrogens is 318 g/mol. The van der Waals surface area contributed by atoms with Crippen molar-refractivity contribution in [2.24, 2.45) is 0 Å². The van der Waals surface area contributed by atoms with Crippen molar-refractivity contribution in [3.63, 3.8) is 0 Å². The van der Waals surface area contributed by atoms with Crippen LogP contribution >= 0.6 is 11.3 Å². The molecule has 1 amide bonds. The predicted octanol–water partition coefficient (Wildman–Crippen LogP) is 3.62. The zero-order valence-corrected chi connectivity index (χ0v) is 15.3. The van der Waals surface area contributed by atoms with Gasteiger partial charge >= 0.3 is 0 Å². The molecule has 0 spiro atoms. The average molecular weight is 343 g/mol. The van der Waals surface area contributed by atoms with Crippen LogP contribution in [0.5, 0.6) is 0 Å². The van der Waals surface area contributed by atoms with Crippen LogP contribution in [0.15, 0.2) is 30.5 Å². The van der Waals surface area contributed by atoms with E-state index in [4.69, 9.17) is 0 Å². The third kappa shape index (κ3) is 3.61. The number of nitrogens with zero attached hydrogens (tertiary/aromatic N) is 3. The maximum atomic E-state index is 12.8. The van der Waals surface area contributed by atoms with E-state index in [2.05, 4.69) is 29.8 Å². The van der Waals surface area contributed by atoms with E-state index in [1.54, 1.807) is 11.3 Å². The topological polar surface area (TPSA) is 36.4 Å². The fourth-order valence-electron chi connectivity index (χ4n) is 3.15. The number of hydrogen-bond donors (Lipinski definition) is 0. The maximum Gasteiger partial charge on any atom is 0.264 e. The van der Waals surface area contributed by atoms with Crippen LogP contribution in [-0.2, 0) is 12.8 Å². The van der Waals surface area contributed by atoms with Crippen molar-refractivity contribution in [2.75, 3.05) is 31.1 Å². The van der Waals surface area contributed by atoms with E-state index in [9.17, 15) is 4.79 Å². The fraction of sp³-hybridized carbons (Fsp3) is 0.474. The highest BCUT2D eigenvalue weighted by atomic mass is 32.1. The molecule has 0 radical (unpaired) electrons. The Labute approximate surface area is 148 Å². The Morgan fingerprint density at radius 1 is 1.21 bits per heavy atom. The number of hydrogen-bond acceptors (Lipinski definition) is 4. The summed E-state index contributed by atoms with van der Waals surface area (Å²) >= 11 is 1.69. The standard InChI is InChI=1S/C19H25N3OS/c1-3-7-16-15(4-2)14-17(24-16)19(23)22-12-10-21(11-13-22)18-8-5-6-9-20-18/h5-6,8-9,14H,3-4,7,10-13H2,1-2H3. The number of piperazine rings is 1. The van der Waals surface area contributed by atoms with Gasteiger partial charge in [-0.3, -0.25) is 4.79 Å². The normalized spacial score (nSPS) is 14.9. The molecule has 0 unspecified atom stereocenters. The fourth-order valence-corrected chi connectivity index (χ4v) is 4.47. The van der Waals surface area contributed by atoms with Crippen LogP contribution in [0.2, 0.25) is 0 Å². The van der Waals surface area contributed by atoms with E-state index < -0.39 is 0 Å². The Balaban J connectivity index is 1.65. The first kappa shape index (κ1) is 17.0. The molecule has 0 N–H and O–H groups in total. The maximum absolute atomic E-state index is 12.8. The van der Waals surface area contributed by atoms with Crippen molar-refractivity contribution in [3.8, 4) is 0 Å². The van der Waals surface area contributed by atoms with Crippen molar-refractivity contribution in [1.82, 2.24) is 9.88 Å². The van der Waals surface area contributed by atoms with Crippen LogP contribution < -0.4 is 4.90 Å². The molecule has 0 bridgehead atoms. The Morgan fingerprint density at radius 3 is 2.62 bits per heavy atom. The van der Waals surface area contributed by atoms with Gasteiger partial charge in [-0.05, 0) is 36.6 Å². The van der Waals surface area contributed by atoms with Gasteiger partial charge in [0.25, 0.3) is 5.91 Å². The first-order chi connectivity index (χ1) is 11.7. The van der Waals surface area contributed by atoms with Crippen LogP contribution in [0.3, 0.4) is 0 Å². The molecule has 24 heavy (non-hydrogen) atoms. The molecule has 2 aromatic heterocycles. The number of aryl methyl sites for hydroxylation is 2. The summed E-state index contributed by atoms with van der Waals surface area (Å²) in [4.78, 5) is 23.8. The molecule has 1 saturated heterocycles. The van der Waals surface area contributed by atoms with Gasteiger partial charge in [0.2, 0.25) is 0 Å². The minimum atomic E-state index is 0.192. The molecule has 0 atom stereocenters. The lowest BCUT2D eigenvalue weighted by Gasteiger charge is -2.35. The molecule has 128 valence electrons. The summed E-state index contributed by atoms with van der Waals surface area (Å²) in [7, 11) is 0. The van der Waals surface area contributed by atoms with E-state index in [0.29, 0.717) is 0 Å². The molecule has 1 aliphatic rings. The number of amides is 1. The van der Waals surface area contributed by atoms with Gasteiger partial charge in [0.05, 0.1) is 4.88 Å². The number of carbonyl (C=O) groups is 1. The van der Waals surface area contributed by atoms with Crippen LogP contribution in [0.4, 0.5) is 5.82 Å². The van der Waals surface area contributed by atoms with Gasteiger partial charge in [-0.2, -0.15) is 0 Å². The largest absolute Gasteiger partial charge is 0.353 e. The van der Waals surface area contributed by atoms with Crippen LogP contribution in [0, 0.1) is 0 Å². The lowest BCUT2D eigenvalue weighted by atomic mass is 10.1. The minimum absolute atomic E-state index is 0.192. The number of anilines is 1. The zero-order valence-electron chi connectivity index (χ0n) is 14.5. The predicted molar refractivity (Wildman–Crippen MR) is 100 cm³/mol. The van der Waals surface area contributed by atoms with Crippen molar-refractivity contribution in [1.29, 1.82) is 0 Å². The molecule has 0 aliphatic carbocycles. The van der Waals surface area contributed by atoms with E-state index in [0.717, 1.165) is 56.1 Å². The highest BCUT2D eigenvalue weighted by Crippen LogP contribution is 2.26. The average Bonchev–Trinajstić information content (AvgIpc) is 3.05. The Morgan fingerprint density at radius 2 is 2.00 bits per heavy atom. The molecule has 2 aromatic rings. The van der Waals surface area contributed by atoms with Gasteiger partial charge in [0, 0.05) is 37.3 Å². The quantitative estimate of drug-likeness (QED) is 0.832. The summed E-state index contributed by atoms with van der Waals surface area (Å²) in [5, 5.41) is 0. The summed E-state index contributed by atoms with van der Waals surface area (Å²) in [5.74, 6) is 1.19. The molecule has 3 rings (SSSR count). The van der Waals surface area contributed by atoms with Gasteiger partial charge in [0.1, 0.15) is 5.82 Å². The van der Waals surface area contributed by atoms with E-state index in [-0.39, 0.29) is 5.91 Å². The van der Waals surface area contributed by atoms with Gasteiger partial charge in [-0.15, -0.1) is 11.3 Å². The number of thiophene rings is 1. The molecule has 1 aliphatic heterocycles. The second-order valence-electron chi connectivity index (χ2n) is 6.13. The van der Waals surface area contributed by atoms with Crippen LogP contribution in [-0.4, -0.2) is 42.0 Å². The Hall–Kier alpha value is -1.88. The number of aromatic nitrogens is 1.